The normalized spacial score (nSPS) is 12.6. The Kier molecular flexibility index (Phi) is 3.99. The lowest BCUT2D eigenvalue weighted by molar-refractivity contribution is 0.405. The number of halogens is 2. The minimum atomic E-state index is 0.0817. The van der Waals surface area contributed by atoms with Crippen LogP contribution in [0.1, 0.15) is 24.4 Å². The topological polar surface area (TPSA) is 51.0 Å². The van der Waals surface area contributed by atoms with Gasteiger partial charge in [0.05, 0.1) is 6.54 Å². The number of rotatable bonds is 4. The third-order valence-electron chi connectivity index (χ3n) is 2.40. The van der Waals surface area contributed by atoms with Gasteiger partial charge in [-0.3, -0.25) is 0 Å². The molecule has 0 aliphatic rings. The number of hydrogen-bond donors (Lipinski definition) is 1. The smallest absolute Gasteiger partial charge is 0.213 e. The van der Waals surface area contributed by atoms with Crippen LogP contribution in [0.4, 0.5) is 0 Å². The van der Waals surface area contributed by atoms with Crippen LogP contribution in [0.2, 0.25) is 10.0 Å². The zero-order valence-electron chi connectivity index (χ0n) is 9.15. The maximum absolute atomic E-state index is 6.11. The quantitative estimate of drug-likeness (QED) is 0.928. The molecule has 0 radical (unpaired) electrons. The first-order chi connectivity index (χ1) is 8.16. The maximum atomic E-state index is 6.11. The number of nitrogens with one attached hydrogen (secondary N) is 1. The van der Waals surface area contributed by atoms with E-state index >= 15 is 0 Å². The number of hydrogen-bond acceptors (Lipinski definition) is 4. The van der Waals surface area contributed by atoms with E-state index in [1.807, 2.05) is 19.1 Å². The van der Waals surface area contributed by atoms with Crippen LogP contribution in [-0.2, 0) is 6.54 Å². The average Bonchev–Trinajstić information content (AvgIpc) is 2.78. The van der Waals surface area contributed by atoms with Gasteiger partial charge < -0.3 is 9.84 Å². The van der Waals surface area contributed by atoms with E-state index in [1.54, 1.807) is 6.07 Å². The van der Waals surface area contributed by atoms with Crippen LogP contribution in [0.5, 0.6) is 0 Å². The molecule has 0 aliphatic heterocycles. The Bertz CT molecular complexity index is 487. The van der Waals surface area contributed by atoms with Crippen molar-refractivity contribution >= 4 is 23.2 Å². The zero-order valence-corrected chi connectivity index (χ0v) is 10.7. The molecule has 0 fully saturated rings. The van der Waals surface area contributed by atoms with Crippen LogP contribution in [-0.4, -0.2) is 10.1 Å². The van der Waals surface area contributed by atoms with E-state index in [4.69, 9.17) is 23.2 Å². The minimum Gasteiger partial charge on any atom is -0.343 e. The summed E-state index contributed by atoms with van der Waals surface area (Å²) < 4.78 is 4.65. The molecule has 1 aromatic carbocycles. The van der Waals surface area contributed by atoms with E-state index in [1.165, 1.54) is 6.39 Å². The van der Waals surface area contributed by atoms with Crippen molar-refractivity contribution in [3.63, 3.8) is 0 Å². The molecule has 0 bridgehead atoms. The Morgan fingerprint density at radius 1 is 1.41 bits per heavy atom. The van der Waals surface area contributed by atoms with Gasteiger partial charge in [-0.25, -0.2) is 0 Å². The van der Waals surface area contributed by atoms with E-state index in [0.717, 1.165) is 5.56 Å². The molecule has 0 spiro atoms. The summed E-state index contributed by atoms with van der Waals surface area (Å²) in [5, 5.41) is 8.24. The Morgan fingerprint density at radius 3 is 2.88 bits per heavy atom. The van der Waals surface area contributed by atoms with Gasteiger partial charge in [-0.2, -0.15) is 4.98 Å². The lowest BCUT2D eigenvalue weighted by Crippen LogP contribution is -2.19. The Balaban J connectivity index is 2.01. The Hall–Kier alpha value is -1.10. The van der Waals surface area contributed by atoms with Gasteiger partial charge in [0.1, 0.15) is 0 Å². The van der Waals surface area contributed by atoms with Gasteiger partial charge in [-0.15, -0.1) is 0 Å². The van der Waals surface area contributed by atoms with Crippen molar-refractivity contribution < 1.29 is 4.52 Å². The SMILES string of the molecule is CC(NCc1ncon1)c1ccc(Cl)cc1Cl. The van der Waals surface area contributed by atoms with Crippen LogP contribution < -0.4 is 5.32 Å². The summed E-state index contributed by atoms with van der Waals surface area (Å²) in [6.07, 6.45) is 1.30. The summed E-state index contributed by atoms with van der Waals surface area (Å²) in [7, 11) is 0. The van der Waals surface area contributed by atoms with Crippen LogP contribution >= 0.6 is 23.2 Å². The van der Waals surface area contributed by atoms with E-state index in [0.29, 0.717) is 22.4 Å². The summed E-state index contributed by atoms with van der Waals surface area (Å²) in [4.78, 5) is 3.92. The standard InChI is InChI=1S/C11H11Cl2N3O/c1-7(14-5-11-15-6-17-16-11)9-3-2-8(12)4-10(9)13/h2-4,6-7,14H,5H2,1H3. The Labute approximate surface area is 109 Å². The number of nitrogens with zero attached hydrogens (tertiary/aromatic N) is 2. The van der Waals surface area contributed by atoms with Gasteiger partial charge in [0.2, 0.25) is 6.39 Å². The van der Waals surface area contributed by atoms with Crippen molar-refractivity contribution in [2.75, 3.05) is 0 Å². The third-order valence-corrected chi connectivity index (χ3v) is 2.96. The lowest BCUT2D eigenvalue weighted by atomic mass is 10.1. The second-order valence-electron chi connectivity index (χ2n) is 3.62. The predicted octanol–water partition coefficient (Wildman–Crippen LogP) is 3.23. The van der Waals surface area contributed by atoms with E-state index in [-0.39, 0.29) is 6.04 Å². The summed E-state index contributed by atoms with van der Waals surface area (Å²) in [5.41, 5.74) is 0.986. The molecule has 17 heavy (non-hydrogen) atoms. The van der Waals surface area contributed by atoms with E-state index in [2.05, 4.69) is 20.0 Å². The van der Waals surface area contributed by atoms with Crippen LogP contribution in [0.25, 0.3) is 0 Å². The number of aromatic nitrogens is 2. The monoisotopic (exact) mass is 271 g/mol. The molecule has 2 aromatic rings. The third kappa shape index (κ3) is 3.19. The summed E-state index contributed by atoms with van der Waals surface area (Å²) in [6, 6.07) is 5.53. The molecule has 0 saturated carbocycles. The lowest BCUT2D eigenvalue weighted by Gasteiger charge is -2.14. The van der Waals surface area contributed by atoms with Crippen molar-refractivity contribution in [1.29, 1.82) is 0 Å². The molecule has 1 unspecified atom stereocenters. The first-order valence-corrected chi connectivity index (χ1v) is 5.86. The summed E-state index contributed by atoms with van der Waals surface area (Å²) >= 11 is 12.0. The van der Waals surface area contributed by atoms with Gasteiger partial charge in [0.15, 0.2) is 5.82 Å². The average molecular weight is 272 g/mol. The minimum absolute atomic E-state index is 0.0817. The van der Waals surface area contributed by atoms with Gasteiger partial charge in [-0.1, -0.05) is 34.4 Å². The number of benzene rings is 1. The van der Waals surface area contributed by atoms with E-state index in [9.17, 15) is 0 Å². The molecule has 6 heteroatoms. The zero-order chi connectivity index (χ0) is 12.3. The molecule has 2 rings (SSSR count). The van der Waals surface area contributed by atoms with Crippen LogP contribution in [0, 0.1) is 0 Å². The highest BCUT2D eigenvalue weighted by Gasteiger charge is 2.10. The van der Waals surface area contributed by atoms with Crippen molar-refractivity contribution in [3.05, 3.63) is 46.0 Å². The molecule has 0 aliphatic carbocycles. The fourth-order valence-electron chi connectivity index (χ4n) is 1.48. The highest BCUT2D eigenvalue weighted by Crippen LogP contribution is 2.26. The van der Waals surface area contributed by atoms with Gasteiger partial charge >= 0.3 is 0 Å². The van der Waals surface area contributed by atoms with E-state index < -0.39 is 0 Å². The maximum Gasteiger partial charge on any atom is 0.213 e. The highest BCUT2D eigenvalue weighted by molar-refractivity contribution is 6.35. The molecule has 1 atom stereocenters. The largest absolute Gasteiger partial charge is 0.343 e. The van der Waals surface area contributed by atoms with Crippen molar-refractivity contribution in [3.8, 4) is 0 Å². The first kappa shape index (κ1) is 12.4. The molecule has 1 heterocycles. The first-order valence-electron chi connectivity index (χ1n) is 5.10. The second kappa shape index (κ2) is 5.49. The summed E-state index contributed by atoms with van der Waals surface area (Å²) in [5.74, 6) is 0.613. The summed E-state index contributed by atoms with van der Waals surface area (Å²) in [6.45, 7) is 2.53. The van der Waals surface area contributed by atoms with Crippen LogP contribution in [0.3, 0.4) is 0 Å². The fraction of sp³-hybridized carbons (Fsp3) is 0.273. The van der Waals surface area contributed by atoms with Crippen molar-refractivity contribution in [2.45, 2.75) is 19.5 Å². The van der Waals surface area contributed by atoms with Crippen LogP contribution in [0.15, 0.2) is 29.1 Å². The molecule has 1 aromatic heterocycles. The molecule has 90 valence electrons. The fourth-order valence-corrected chi connectivity index (χ4v) is 2.05. The second-order valence-corrected chi connectivity index (χ2v) is 4.46. The van der Waals surface area contributed by atoms with Crippen molar-refractivity contribution in [2.24, 2.45) is 0 Å². The molecule has 1 N–H and O–H groups in total. The van der Waals surface area contributed by atoms with Gasteiger partial charge in [0, 0.05) is 16.1 Å². The predicted molar refractivity (Wildman–Crippen MR) is 66.0 cm³/mol. The van der Waals surface area contributed by atoms with Gasteiger partial charge in [0.25, 0.3) is 0 Å². The molecule has 0 amide bonds. The molecule has 0 saturated heterocycles. The molecule has 4 nitrogen and oxygen atoms in total. The molecular weight excluding hydrogens is 261 g/mol. The highest BCUT2D eigenvalue weighted by atomic mass is 35.5. The molecular formula is C11H11Cl2N3O. The Morgan fingerprint density at radius 2 is 2.24 bits per heavy atom. The van der Waals surface area contributed by atoms with Crippen molar-refractivity contribution in [1.82, 2.24) is 15.5 Å². The van der Waals surface area contributed by atoms with Gasteiger partial charge in [-0.05, 0) is 24.6 Å².